The average molecular weight is 1200 g/mol. The second-order valence-electron chi connectivity index (χ2n) is 22.7. The molecule has 17 nitrogen and oxygen atoms in total. The smallest absolute Gasteiger partial charge is 0.462 e. The van der Waals surface area contributed by atoms with Crippen LogP contribution in [0.2, 0.25) is 0 Å². The van der Waals surface area contributed by atoms with E-state index < -0.39 is 97.5 Å². The maximum atomic E-state index is 12.9. The molecule has 0 aromatic carbocycles. The van der Waals surface area contributed by atoms with Gasteiger partial charge < -0.3 is 33.8 Å². The summed E-state index contributed by atoms with van der Waals surface area (Å²) < 4.78 is 67.8. The lowest BCUT2D eigenvalue weighted by molar-refractivity contribution is -0.161. The maximum Gasteiger partial charge on any atom is 0.472 e. The highest BCUT2D eigenvalue weighted by atomic mass is 31.2. The van der Waals surface area contributed by atoms with Gasteiger partial charge in [-0.05, 0) is 31.6 Å². The molecule has 0 bridgehead atoms. The summed E-state index contributed by atoms with van der Waals surface area (Å²) in [7, 11) is -9.88. The number of carbonyl (C=O) groups is 4. The number of phosphoric ester groups is 2. The third-order valence-electron chi connectivity index (χ3n) is 14.6. The molecule has 0 amide bonds. The Morgan fingerprint density at radius 2 is 0.593 bits per heavy atom. The summed E-state index contributed by atoms with van der Waals surface area (Å²) in [5.74, 6) is -1.33. The summed E-state index contributed by atoms with van der Waals surface area (Å²) in [5.41, 5.74) is 0. The Kier molecular flexibility index (Phi) is 54.6. The zero-order valence-electron chi connectivity index (χ0n) is 51.9. The van der Waals surface area contributed by atoms with Crippen molar-refractivity contribution in [1.29, 1.82) is 0 Å². The largest absolute Gasteiger partial charge is 0.472 e. The van der Waals surface area contributed by atoms with Crippen molar-refractivity contribution in [1.82, 2.24) is 0 Å². The third-order valence-corrected chi connectivity index (χ3v) is 16.5. The van der Waals surface area contributed by atoms with Gasteiger partial charge in [0.05, 0.1) is 26.4 Å². The van der Waals surface area contributed by atoms with Crippen LogP contribution in [0.4, 0.5) is 0 Å². The Balaban J connectivity index is 5.21. The van der Waals surface area contributed by atoms with E-state index in [9.17, 15) is 43.2 Å². The fourth-order valence-electron chi connectivity index (χ4n) is 9.20. The Morgan fingerprint density at radius 3 is 0.877 bits per heavy atom. The molecular formula is C62H120O17P2. The number of phosphoric acid groups is 2. The molecule has 0 saturated heterocycles. The summed E-state index contributed by atoms with van der Waals surface area (Å²) in [4.78, 5) is 72.0. The first-order valence-electron chi connectivity index (χ1n) is 32.7. The van der Waals surface area contributed by atoms with Crippen molar-refractivity contribution in [2.24, 2.45) is 5.92 Å². The highest BCUT2D eigenvalue weighted by molar-refractivity contribution is 7.47. The first kappa shape index (κ1) is 79.1. The predicted molar refractivity (Wildman–Crippen MR) is 322 cm³/mol. The average Bonchev–Trinajstić information content (AvgIpc) is 3.45. The van der Waals surface area contributed by atoms with Crippen LogP contribution in [0.3, 0.4) is 0 Å². The second-order valence-corrected chi connectivity index (χ2v) is 25.6. The lowest BCUT2D eigenvalue weighted by atomic mass is 9.99. The standard InChI is InChI=1S/C62H120O17P2/c1-6-10-13-16-19-24-30-35-40-45-59(64)72-51-57(78-61(66)47-42-37-32-26-21-18-15-12-8-3)53-76-80(68,69)74-49-56(63)50-75-81(70,71)77-54-58(52-73-60(65)46-41-36-31-25-20-17-14-11-7-2)79-62(67)48-43-38-33-28-23-22-27-29-34-39-44-55(5)9-4/h55-58,63H,6-54H2,1-5H3,(H,68,69)(H,70,71)/t55?,56-,57+,58+/m0/s1. The molecule has 3 N–H and O–H groups in total. The van der Waals surface area contributed by atoms with E-state index in [-0.39, 0.29) is 25.7 Å². The van der Waals surface area contributed by atoms with Gasteiger partial charge >= 0.3 is 39.5 Å². The molecule has 0 fully saturated rings. The minimum absolute atomic E-state index is 0.106. The number of aliphatic hydroxyl groups is 1. The lowest BCUT2D eigenvalue weighted by Crippen LogP contribution is -2.30. The topological polar surface area (TPSA) is 237 Å². The maximum absolute atomic E-state index is 12.9. The predicted octanol–water partition coefficient (Wildman–Crippen LogP) is 17.0. The van der Waals surface area contributed by atoms with E-state index in [0.29, 0.717) is 25.7 Å². The van der Waals surface area contributed by atoms with Crippen molar-refractivity contribution in [3.8, 4) is 0 Å². The van der Waals surface area contributed by atoms with Crippen LogP contribution in [-0.4, -0.2) is 96.7 Å². The highest BCUT2D eigenvalue weighted by Crippen LogP contribution is 2.45. The van der Waals surface area contributed by atoms with Crippen molar-refractivity contribution in [3.05, 3.63) is 0 Å². The number of rotatable bonds is 62. The van der Waals surface area contributed by atoms with Crippen LogP contribution in [0.1, 0.15) is 311 Å². The van der Waals surface area contributed by atoms with Crippen LogP contribution < -0.4 is 0 Å². The van der Waals surface area contributed by atoms with Crippen LogP contribution in [0.15, 0.2) is 0 Å². The van der Waals surface area contributed by atoms with Gasteiger partial charge in [0.2, 0.25) is 0 Å². The summed E-state index contributed by atoms with van der Waals surface area (Å²) in [5, 5.41) is 10.5. The molecule has 0 spiro atoms. The molecule has 0 saturated carbocycles. The summed E-state index contributed by atoms with van der Waals surface area (Å²) in [6.07, 6.45) is 38.8. The third kappa shape index (κ3) is 55.7. The van der Waals surface area contributed by atoms with E-state index in [1.165, 1.54) is 135 Å². The highest BCUT2D eigenvalue weighted by Gasteiger charge is 2.30. The van der Waals surface area contributed by atoms with Gasteiger partial charge in [-0.2, -0.15) is 0 Å². The van der Waals surface area contributed by atoms with Crippen molar-refractivity contribution in [2.75, 3.05) is 39.6 Å². The zero-order chi connectivity index (χ0) is 59.9. The van der Waals surface area contributed by atoms with Gasteiger partial charge in [0.25, 0.3) is 0 Å². The molecule has 0 radical (unpaired) electrons. The van der Waals surface area contributed by atoms with Gasteiger partial charge in [-0.1, -0.05) is 259 Å². The summed E-state index contributed by atoms with van der Waals surface area (Å²) >= 11 is 0. The van der Waals surface area contributed by atoms with Gasteiger partial charge in [-0.3, -0.25) is 37.3 Å². The minimum atomic E-state index is -4.94. The van der Waals surface area contributed by atoms with Crippen LogP contribution in [0.5, 0.6) is 0 Å². The second kappa shape index (κ2) is 55.9. The van der Waals surface area contributed by atoms with Gasteiger partial charge in [0, 0.05) is 25.7 Å². The van der Waals surface area contributed by atoms with Crippen LogP contribution in [-0.2, 0) is 65.4 Å². The van der Waals surface area contributed by atoms with Crippen molar-refractivity contribution < 1.29 is 80.2 Å². The van der Waals surface area contributed by atoms with Crippen molar-refractivity contribution >= 4 is 39.5 Å². The molecule has 0 aliphatic rings. The molecule has 0 aromatic rings. The first-order chi connectivity index (χ1) is 39.1. The quantitative estimate of drug-likeness (QED) is 0.0222. The lowest BCUT2D eigenvalue weighted by Gasteiger charge is -2.21. The Labute approximate surface area is 492 Å². The Hall–Kier alpha value is -1.94. The van der Waals surface area contributed by atoms with Crippen LogP contribution >= 0.6 is 15.6 Å². The molecule has 0 aliphatic carbocycles. The number of hydrogen-bond acceptors (Lipinski definition) is 15. The molecule has 480 valence electrons. The first-order valence-corrected chi connectivity index (χ1v) is 35.7. The molecule has 81 heavy (non-hydrogen) atoms. The monoisotopic (exact) mass is 1200 g/mol. The zero-order valence-corrected chi connectivity index (χ0v) is 53.7. The SMILES string of the molecule is CCCCCCCCCCCC(=O)OC[C@H](COP(=O)(O)OC[C@H](O)COP(=O)(O)OC[C@@H](COC(=O)CCCCCCCCCCC)OC(=O)CCCCCCCCCCCCC(C)CC)OC(=O)CCCCCCCCCCC. The molecule has 0 rings (SSSR count). The van der Waals surface area contributed by atoms with Gasteiger partial charge in [-0.15, -0.1) is 0 Å². The van der Waals surface area contributed by atoms with Crippen molar-refractivity contribution in [2.45, 2.75) is 329 Å². The minimum Gasteiger partial charge on any atom is -0.462 e. The number of esters is 4. The van der Waals surface area contributed by atoms with E-state index in [2.05, 4.69) is 34.6 Å². The van der Waals surface area contributed by atoms with E-state index in [1.54, 1.807) is 0 Å². The fraction of sp³-hybridized carbons (Fsp3) is 0.935. The van der Waals surface area contributed by atoms with Crippen LogP contribution in [0, 0.1) is 5.92 Å². The summed E-state index contributed by atoms with van der Waals surface area (Å²) in [6, 6.07) is 0. The fourth-order valence-corrected chi connectivity index (χ4v) is 10.8. The molecular weight excluding hydrogens is 1080 g/mol. The van der Waals surface area contributed by atoms with Crippen LogP contribution in [0.25, 0.3) is 0 Å². The molecule has 6 atom stereocenters. The molecule has 0 aliphatic heterocycles. The normalized spacial score (nSPS) is 14.6. The Morgan fingerprint density at radius 1 is 0.346 bits per heavy atom. The van der Waals surface area contributed by atoms with Crippen molar-refractivity contribution in [3.63, 3.8) is 0 Å². The number of carbonyl (C=O) groups excluding carboxylic acids is 4. The van der Waals surface area contributed by atoms with E-state index in [1.807, 2.05) is 0 Å². The van der Waals surface area contributed by atoms with Gasteiger partial charge in [0.1, 0.15) is 19.3 Å². The molecule has 0 heterocycles. The van der Waals surface area contributed by atoms with E-state index >= 15 is 0 Å². The molecule has 19 heteroatoms. The number of aliphatic hydroxyl groups excluding tert-OH is 1. The summed E-state index contributed by atoms with van der Waals surface area (Å²) in [6.45, 7) is 7.16. The van der Waals surface area contributed by atoms with E-state index in [0.717, 1.165) is 95.8 Å². The number of ether oxygens (including phenoxy) is 4. The van der Waals surface area contributed by atoms with Gasteiger partial charge in [-0.25, -0.2) is 9.13 Å². The number of hydrogen-bond donors (Lipinski definition) is 3. The molecule has 3 unspecified atom stereocenters. The Bertz CT molecular complexity index is 1590. The van der Waals surface area contributed by atoms with E-state index in [4.69, 9.17) is 37.0 Å². The number of unbranched alkanes of at least 4 members (excludes halogenated alkanes) is 33. The van der Waals surface area contributed by atoms with Gasteiger partial charge in [0.15, 0.2) is 12.2 Å². The molecule has 0 aromatic heterocycles.